The lowest BCUT2D eigenvalue weighted by Gasteiger charge is -2.16. The van der Waals surface area contributed by atoms with Crippen LogP contribution in [0.2, 0.25) is 5.02 Å². The lowest BCUT2D eigenvalue weighted by molar-refractivity contribution is -0.137. The van der Waals surface area contributed by atoms with Crippen LogP contribution in [0.4, 0.5) is 11.4 Å². The van der Waals surface area contributed by atoms with E-state index in [0.717, 1.165) is 11.4 Å². The molecule has 1 heterocycles. The van der Waals surface area contributed by atoms with Gasteiger partial charge in [-0.1, -0.05) is 23.7 Å². The molecule has 3 rings (SSSR count). The van der Waals surface area contributed by atoms with E-state index in [0.29, 0.717) is 35.7 Å². The minimum Gasteiger partial charge on any atom is -0.379 e. The zero-order chi connectivity index (χ0) is 22.5. The standard InChI is InChI=1S/C24H28ClN3O3/c1-16(2)31-15-5-14-28-23(29)21(17-6-8-18(25)9-7-17)22(24(28)30)26-19-10-12-20(13-11-19)27(3)4/h6-13,16,26H,5,14-15H2,1-4H3. The molecule has 2 aromatic carbocycles. The molecule has 6 nitrogen and oxygen atoms in total. The predicted octanol–water partition coefficient (Wildman–Crippen LogP) is 4.41. The molecule has 164 valence electrons. The van der Waals surface area contributed by atoms with Gasteiger partial charge in [-0.25, -0.2) is 0 Å². The highest BCUT2D eigenvalue weighted by Gasteiger charge is 2.38. The first-order valence-corrected chi connectivity index (χ1v) is 10.7. The van der Waals surface area contributed by atoms with Crippen LogP contribution in [0.3, 0.4) is 0 Å². The van der Waals surface area contributed by atoms with Crippen molar-refractivity contribution in [2.75, 3.05) is 37.5 Å². The zero-order valence-corrected chi connectivity index (χ0v) is 19.1. The normalized spacial score (nSPS) is 14.1. The van der Waals surface area contributed by atoms with Crippen molar-refractivity contribution in [2.24, 2.45) is 0 Å². The van der Waals surface area contributed by atoms with Gasteiger partial charge in [0, 0.05) is 43.6 Å². The molecule has 1 aliphatic rings. The van der Waals surface area contributed by atoms with Crippen LogP contribution in [0.1, 0.15) is 25.8 Å². The zero-order valence-electron chi connectivity index (χ0n) is 18.3. The van der Waals surface area contributed by atoms with Crippen molar-refractivity contribution < 1.29 is 14.3 Å². The Labute approximate surface area is 188 Å². The summed E-state index contributed by atoms with van der Waals surface area (Å²) in [6.45, 7) is 4.69. The lowest BCUT2D eigenvalue weighted by Crippen LogP contribution is -2.34. The molecule has 2 aromatic rings. The maximum absolute atomic E-state index is 13.2. The monoisotopic (exact) mass is 441 g/mol. The predicted molar refractivity (Wildman–Crippen MR) is 125 cm³/mol. The molecule has 1 aliphatic heterocycles. The van der Waals surface area contributed by atoms with Crippen molar-refractivity contribution in [3.05, 3.63) is 64.8 Å². The highest BCUT2D eigenvalue weighted by atomic mass is 35.5. The minimum absolute atomic E-state index is 0.107. The number of hydrogen-bond acceptors (Lipinski definition) is 5. The summed E-state index contributed by atoms with van der Waals surface area (Å²) in [5, 5.41) is 3.74. The number of halogens is 1. The number of amides is 2. The molecule has 0 aliphatic carbocycles. The van der Waals surface area contributed by atoms with Crippen molar-refractivity contribution in [1.29, 1.82) is 0 Å². The lowest BCUT2D eigenvalue weighted by atomic mass is 10.0. The van der Waals surface area contributed by atoms with Gasteiger partial charge in [0.15, 0.2) is 0 Å². The largest absolute Gasteiger partial charge is 0.379 e. The van der Waals surface area contributed by atoms with Crippen LogP contribution in [0.15, 0.2) is 54.2 Å². The molecule has 0 atom stereocenters. The fraction of sp³-hybridized carbons (Fsp3) is 0.333. The summed E-state index contributed by atoms with van der Waals surface area (Å²) in [5.74, 6) is -0.652. The van der Waals surface area contributed by atoms with Crippen molar-refractivity contribution in [2.45, 2.75) is 26.4 Å². The van der Waals surface area contributed by atoms with E-state index in [4.69, 9.17) is 16.3 Å². The minimum atomic E-state index is -0.337. The molecular weight excluding hydrogens is 414 g/mol. The Morgan fingerprint density at radius 1 is 1.00 bits per heavy atom. The second-order valence-electron chi connectivity index (χ2n) is 7.86. The Morgan fingerprint density at radius 3 is 2.23 bits per heavy atom. The number of rotatable bonds is 9. The van der Waals surface area contributed by atoms with Gasteiger partial charge >= 0.3 is 0 Å². The Balaban J connectivity index is 1.88. The molecule has 1 N–H and O–H groups in total. The maximum Gasteiger partial charge on any atom is 0.278 e. The molecule has 0 aromatic heterocycles. The van der Waals surface area contributed by atoms with E-state index in [9.17, 15) is 9.59 Å². The smallest absolute Gasteiger partial charge is 0.278 e. The van der Waals surface area contributed by atoms with Gasteiger partial charge in [-0.2, -0.15) is 0 Å². The number of anilines is 2. The average Bonchev–Trinajstić information content (AvgIpc) is 2.96. The van der Waals surface area contributed by atoms with E-state index in [1.54, 1.807) is 24.3 Å². The van der Waals surface area contributed by atoms with Gasteiger partial charge < -0.3 is 15.0 Å². The van der Waals surface area contributed by atoms with Crippen LogP contribution < -0.4 is 10.2 Å². The summed E-state index contributed by atoms with van der Waals surface area (Å²) in [6.07, 6.45) is 0.684. The SMILES string of the molecule is CC(C)OCCCN1C(=O)C(Nc2ccc(N(C)C)cc2)=C(c2ccc(Cl)cc2)C1=O. The Bertz CT molecular complexity index is 967. The third-order valence-electron chi connectivity index (χ3n) is 4.93. The third kappa shape index (κ3) is 5.46. The van der Waals surface area contributed by atoms with E-state index in [1.165, 1.54) is 4.90 Å². The van der Waals surface area contributed by atoms with E-state index in [1.807, 2.05) is 57.1 Å². The Hall–Kier alpha value is -2.83. The summed E-state index contributed by atoms with van der Waals surface area (Å²) in [5.41, 5.74) is 3.05. The van der Waals surface area contributed by atoms with Gasteiger partial charge in [0.05, 0.1) is 11.7 Å². The van der Waals surface area contributed by atoms with Crippen LogP contribution in [0.25, 0.3) is 5.57 Å². The third-order valence-corrected chi connectivity index (χ3v) is 5.18. The molecule has 0 spiro atoms. The molecule has 2 amide bonds. The van der Waals surface area contributed by atoms with Crippen molar-refractivity contribution in [1.82, 2.24) is 4.90 Å². The van der Waals surface area contributed by atoms with Gasteiger partial charge in [0.25, 0.3) is 11.8 Å². The molecule has 31 heavy (non-hydrogen) atoms. The van der Waals surface area contributed by atoms with Gasteiger partial charge in [0.2, 0.25) is 0 Å². The first kappa shape index (κ1) is 22.8. The maximum atomic E-state index is 13.2. The van der Waals surface area contributed by atoms with Crippen LogP contribution in [-0.4, -0.2) is 50.1 Å². The van der Waals surface area contributed by atoms with E-state index in [2.05, 4.69) is 5.32 Å². The van der Waals surface area contributed by atoms with Gasteiger partial charge in [-0.05, 0) is 62.2 Å². The van der Waals surface area contributed by atoms with E-state index < -0.39 is 0 Å². The number of nitrogens with one attached hydrogen (secondary N) is 1. The Kier molecular flexibility index (Phi) is 7.36. The van der Waals surface area contributed by atoms with Crippen LogP contribution in [0.5, 0.6) is 0 Å². The summed E-state index contributed by atoms with van der Waals surface area (Å²) in [6, 6.07) is 14.6. The fourth-order valence-electron chi connectivity index (χ4n) is 3.31. The van der Waals surface area contributed by atoms with E-state index in [-0.39, 0.29) is 23.6 Å². The molecule has 0 saturated carbocycles. The molecule has 0 bridgehead atoms. The number of ether oxygens (including phenoxy) is 1. The Morgan fingerprint density at radius 2 is 1.65 bits per heavy atom. The van der Waals surface area contributed by atoms with Crippen molar-refractivity contribution >= 4 is 40.4 Å². The van der Waals surface area contributed by atoms with Crippen LogP contribution in [0, 0.1) is 0 Å². The van der Waals surface area contributed by atoms with Crippen LogP contribution in [-0.2, 0) is 14.3 Å². The fourth-order valence-corrected chi connectivity index (χ4v) is 3.43. The number of nitrogens with zero attached hydrogens (tertiary/aromatic N) is 2. The molecule has 0 radical (unpaired) electrons. The van der Waals surface area contributed by atoms with Crippen molar-refractivity contribution in [3.8, 4) is 0 Å². The van der Waals surface area contributed by atoms with E-state index >= 15 is 0 Å². The van der Waals surface area contributed by atoms with Crippen molar-refractivity contribution in [3.63, 3.8) is 0 Å². The summed E-state index contributed by atoms with van der Waals surface area (Å²) in [7, 11) is 3.92. The van der Waals surface area contributed by atoms with Gasteiger partial charge in [0.1, 0.15) is 5.70 Å². The highest BCUT2D eigenvalue weighted by Crippen LogP contribution is 2.31. The number of carbonyl (C=O) groups excluding carboxylic acids is 2. The number of benzene rings is 2. The molecule has 0 unspecified atom stereocenters. The second-order valence-corrected chi connectivity index (χ2v) is 8.29. The van der Waals surface area contributed by atoms with Crippen LogP contribution >= 0.6 is 11.6 Å². The molecule has 0 saturated heterocycles. The van der Waals surface area contributed by atoms with Gasteiger partial charge in [-0.3, -0.25) is 14.5 Å². The van der Waals surface area contributed by atoms with Gasteiger partial charge in [-0.15, -0.1) is 0 Å². The topological polar surface area (TPSA) is 61.9 Å². The average molecular weight is 442 g/mol. The summed E-state index contributed by atoms with van der Waals surface area (Å²) in [4.78, 5) is 29.7. The highest BCUT2D eigenvalue weighted by molar-refractivity contribution is 6.36. The second kappa shape index (κ2) is 9.98. The number of carbonyl (C=O) groups is 2. The first-order valence-electron chi connectivity index (χ1n) is 10.3. The number of hydrogen-bond donors (Lipinski definition) is 1. The molecule has 7 heteroatoms. The molecule has 0 fully saturated rings. The quantitative estimate of drug-likeness (QED) is 0.461. The number of imide groups is 1. The first-order chi connectivity index (χ1) is 14.8. The summed E-state index contributed by atoms with van der Waals surface area (Å²) < 4.78 is 5.55. The summed E-state index contributed by atoms with van der Waals surface area (Å²) >= 11 is 6.02. The molecular formula is C24H28ClN3O3.